The van der Waals surface area contributed by atoms with Crippen LogP contribution < -0.4 is 0 Å². The first-order chi connectivity index (χ1) is 9.37. The van der Waals surface area contributed by atoms with Gasteiger partial charge in [-0.05, 0) is 18.1 Å². The van der Waals surface area contributed by atoms with E-state index < -0.39 is 19.9 Å². The van der Waals surface area contributed by atoms with Crippen molar-refractivity contribution in [2.75, 3.05) is 24.6 Å². The molecule has 0 bridgehead atoms. The maximum Gasteiger partial charge on any atom is 0.243 e. The molecule has 1 aromatic rings. The van der Waals surface area contributed by atoms with Crippen molar-refractivity contribution in [3.63, 3.8) is 0 Å². The first-order valence-corrected chi connectivity index (χ1v) is 10.0. The van der Waals surface area contributed by atoms with Crippen molar-refractivity contribution in [2.24, 2.45) is 0 Å². The van der Waals surface area contributed by atoms with E-state index >= 15 is 0 Å². The first kappa shape index (κ1) is 15.8. The summed E-state index contributed by atoms with van der Waals surface area (Å²) < 4.78 is 49.6. The Morgan fingerprint density at radius 1 is 1.15 bits per heavy atom. The van der Waals surface area contributed by atoms with Crippen LogP contribution in [0.1, 0.15) is 12.0 Å². The van der Waals surface area contributed by atoms with Crippen molar-refractivity contribution in [1.29, 1.82) is 0 Å². The summed E-state index contributed by atoms with van der Waals surface area (Å²) in [6.45, 7) is 0.222. The van der Waals surface area contributed by atoms with E-state index in [-0.39, 0.29) is 35.4 Å². The molecule has 0 saturated carbocycles. The summed E-state index contributed by atoms with van der Waals surface area (Å²) in [5.74, 6) is 0.00693. The van der Waals surface area contributed by atoms with Gasteiger partial charge in [-0.15, -0.1) is 11.6 Å². The number of halogens is 1. The molecule has 5 nitrogen and oxygen atoms in total. The highest BCUT2D eigenvalue weighted by Gasteiger charge is 2.30. The van der Waals surface area contributed by atoms with Gasteiger partial charge in [-0.3, -0.25) is 0 Å². The highest BCUT2D eigenvalue weighted by atomic mass is 35.5. The lowest BCUT2D eigenvalue weighted by Gasteiger charge is -2.20. The van der Waals surface area contributed by atoms with Crippen LogP contribution in [-0.2, 0) is 25.7 Å². The summed E-state index contributed by atoms with van der Waals surface area (Å²) in [6.07, 6.45) is 0.324. The van der Waals surface area contributed by atoms with Crippen molar-refractivity contribution in [3.05, 3.63) is 29.8 Å². The molecule has 112 valence electrons. The molecule has 1 aromatic carbocycles. The Balaban J connectivity index is 2.35. The Morgan fingerprint density at radius 2 is 1.85 bits per heavy atom. The number of benzene rings is 1. The summed E-state index contributed by atoms with van der Waals surface area (Å²) in [6, 6.07) is 6.53. The van der Waals surface area contributed by atoms with Crippen molar-refractivity contribution in [3.8, 4) is 0 Å². The third-order valence-corrected chi connectivity index (χ3v) is 7.25. The number of alkyl halides is 1. The van der Waals surface area contributed by atoms with Gasteiger partial charge in [-0.1, -0.05) is 18.2 Å². The first-order valence-electron chi connectivity index (χ1n) is 6.21. The fraction of sp³-hybridized carbons (Fsp3) is 0.500. The van der Waals surface area contributed by atoms with E-state index in [1.165, 1.54) is 10.4 Å². The number of hydrogen-bond donors (Lipinski definition) is 0. The van der Waals surface area contributed by atoms with Gasteiger partial charge in [0.25, 0.3) is 0 Å². The molecule has 8 heteroatoms. The lowest BCUT2D eigenvalue weighted by Crippen LogP contribution is -2.34. The fourth-order valence-electron chi connectivity index (χ4n) is 2.16. The zero-order chi connectivity index (χ0) is 14.8. The van der Waals surface area contributed by atoms with Gasteiger partial charge in [0.2, 0.25) is 10.0 Å². The molecule has 0 aliphatic carbocycles. The van der Waals surface area contributed by atoms with E-state index in [2.05, 4.69) is 0 Å². The second-order valence-corrected chi connectivity index (χ2v) is 9.13. The molecule has 0 N–H and O–H groups in total. The van der Waals surface area contributed by atoms with Gasteiger partial charge in [0, 0.05) is 19.0 Å². The van der Waals surface area contributed by atoms with Crippen LogP contribution in [0.15, 0.2) is 29.2 Å². The minimum absolute atomic E-state index is 0.00128. The van der Waals surface area contributed by atoms with Gasteiger partial charge in [0.1, 0.15) is 0 Å². The van der Waals surface area contributed by atoms with Crippen molar-refractivity contribution in [2.45, 2.75) is 17.2 Å². The lowest BCUT2D eigenvalue weighted by molar-refractivity contribution is 0.434. The summed E-state index contributed by atoms with van der Waals surface area (Å²) in [5, 5.41) is 0. The molecular weight excluding hydrogens is 322 g/mol. The van der Waals surface area contributed by atoms with E-state index in [1.807, 2.05) is 0 Å². The molecule has 0 aromatic heterocycles. The van der Waals surface area contributed by atoms with E-state index in [4.69, 9.17) is 11.6 Å². The minimum atomic E-state index is -3.69. The SMILES string of the molecule is O=S1(=O)CCCN(S(=O)(=O)c2ccccc2CCl)CC1. The number of nitrogens with zero attached hydrogens (tertiary/aromatic N) is 1. The number of hydrogen-bond acceptors (Lipinski definition) is 4. The van der Waals surface area contributed by atoms with E-state index in [9.17, 15) is 16.8 Å². The predicted molar refractivity (Wildman–Crippen MR) is 78.0 cm³/mol. The molecule has 1 aliphatic heterocycles. The van der Waals surface area contributed by atoms with Gasteiger partial charge in [0.05, 0.1) is 16.4 Å². The average molecular weight is 338 g/mol. The van der Waals surface area contributed by atoms with Crippen LogP contribution in [0.5, 0.6) is 0 Å². The molecule has 0 atom stereocenters. The summed E-state index contributed by atoms with van der Waals surface area (Å²) in [4.78, 5) is 0.161. The largest absolute Gasteiger partial charge is 0.243 e. The summed E-state index contributed by atoms with van der Waals surface area (Å²) in [5.41, 5.74) is 0.529. The normalized spacial score (nSPS) is 20.4. The molecule has 1 saturated heterocycles. The molecule has 0 spiro atoms. The Kier molecular flexibility index (Phi) is 4.73. The summed E-state index contributed by atoms with van der Waals surface area (Å²) >= 11 is 5.78. The van der Waals surface area contributed by atoms with Crippen LogP contribution in [0, 0.1) is 0 Å². The van der Waals surface area contributed by atoms with E-state index in [1.54, 1.807) is 18.2 Å². The van der Waals surface area contributed by atoms with Crippen LogP contribution in [0.4, 0.5) is 0 Å². The van der Waals surface area contributed by atoms with Crippen LogP contribution in [0.3, 0.4) is 0 Å². The van der Waals surface area contributed by atoms with Gasteiger partial charge < -0.3 is 0 Å². The quantitative estimate of drug-likeness (QED) is 0.778. The minimum Gasteiger partial charge on any atom is -0.229 e. The highest BCUT2D eigenvalue weighted by molar-refractivity contribution is 7.91. The van der Waals surface area contributed by atoms with Gasteiger partial charge in [-0.25, -0.2) is 16.8 Å². The maximum absolute atomic E-state index is 12.6. The standard InChI is InChI=1S/C12H16ClNO4S2/c13-10-11-4-1-2-5-12(11)20(17,18)14-6-3-8-19(15,16)9-7-14/h1-2,4-5H,3,6-10H2. The van der Waals surface area contributed by atoms with Gasteiger partial charge in [0.15, 0.2) is 9.84 Å². The predicted octanol–water partition coefficient (Wildman–Crippen LogP) is 1.23. The van der Waals surface area contributed by atoms with Crippen LogP contribution in [-0.4, -0.2) is 45.7 Å². The summed E-state index contributed by atoms with van der Waals surface area (Å²) in [7, 11) is -6.84. The number of rotatable bonds is 3. The Bertz CT molecular complexity index is 685. The fourth-order valence-corrected chi connectivity index (χ4v) is 5.56. The topological polar surface area (TPSA) is 71.5 Å². The zero-order valence-electron chi connectivity index (χ0n) is 10.8. The number of sulfonamides is 1. The highest BCUT2D eigenvalue weighted by Crippen LogP contribution is 2.23. The van der Waals surface area contributed by atoms with Gasteiger partial charge in [-0.2, -0.15) is 4.31 Å². The maximum atomic E-state index is 12.6. The second-order valence-electron chi connectivity index (χ2n) is 4.65. The van der Waals surface area contributed by atoms with Crippen LogP contribution in [0.25, 0.3) is 0 Å². The zero-order valence-corrected chi connectivity index (χ0v) is 13.2. The molecular formula is C12H16ClNO4S2. The molecule has 0 amide bonds. The van der Waals surface area contributed by atoms with Crippen molar-refractivity contribution < 1.29 is 16.8 Å². The molecule has 0 unspecified atom stereocenters. The third-order valence-electron chi connectivity index (χ3n) is 3.25. The smallest absolute Gasteiger partial charge is 0.229 e. The molecule has 2 rings (SSSR count). The molecule has 1 heterocycles. The Hall–Kier alpha value is -0.630. The van der Waals surface area contributed by atoms with Crippen molar-refractivity contribution in [1.82, 2.24) is 4.31 Å². The van der Waals surface area contributed by atoms with E-state index in [0.717, 1.165) is 0 Å². The second kappa shape index (κ2) is 6.01. The molecule has 20 heavy (non-hydrogen) atoms. The third kappa shape index (κ3) is 3.33. The van der Waals surface area contributed by atoms with Crippen LogP contribution in [0.2, 0.25) is 0 Å². The molecule has 1 fully saturated rings. The Labute approximate surface area is 124 Å². The lowest BCUT2D eigenvalue weighted by atomic mass is 10.2. The monoisotopic (exact) mass is 337 g/mol. The molecule has 0 radical (unpaired) electrons. The Morgan fingerprint density at radius 3 is 2.55 bits per heavy atom. The van der Waals surface area contributed by atoms with E-state index in [0.29, 0.717) is 12.0 Å². The average Bonchev–Trinajstić information content (AvgIpc) is 2.60. The van der Waals surface area contributed by atoms with Crippen LogP contribution >= 0.6 is 11.6 Å². The van der Waals surface area contributed by atoms with Gasteiger partial charge >= 0.3 is 0 Å². The van der Waals surface area contributed by atoms with Crippen molar-refractivity contribution >= 4 is 31.5 Å². The number of sulfone groups is 1. The molecule has 1 aliphatic rings.